The highest BCUT2D eigenvalue weighted by Gasteiger charge is 2.05. The van der Waals surface area contributed by atoms with E-state index in [1.54, 1.807) is 0 Å². The Morgan fingerprint density at radius 3 is 2.48 bits per heavy atom. The predicted octanol–water partition coefficient (Wildman–Crippen LogP) is 4.04. The summed E-state index contributed by atoms with van der Waals surface area (Å²) >= 11 is 0. The van der Waals surface area contributed by atoms with Gasteiger partial charge in [0.25, 0.3) is 0 Å². The van der Waals surface area contributed by atoms with Gasteiger partial charge in [0, 0.05) is 12.6 Å². The first kappa shape index (κ1) is 15.4. The van der Waals surface area contributed by atoms with Gasteiger partial charge in [0.1, 0.15) is 12.4 Å². The van der Waals surface area contributed by atoms with Crippen molar-refractivity contribution >= 4 is 0 Å². The molecular weight excluding hydrogens is 272 g/mol. The molecule has 0 saturated heterocycles. The molecule has 0 aliphatic rings. The Hall–Kier alpha value is -1.94. The Labute approximate surface area is 123 Å². The summed E-state index contributed by atoms with van der Waals surface area (Å²) < 4.78 is 31.5. The molecule has 21 heavy (non-hydrogen) atoms. The highest BCUT2D eigenvalue weighted by molar-refractivity contribution is 5.28. The first-order chi connectivity index (χ1) is 10.2. The SMILES string of the molecule is CCCNCc1ccccc1COc1ccc(F)c(F)c1. The van der Waals surface area contributed by atoms with Gasteiger partial charge in [-0.3, -0.25) is 0 Å². The number of rotatable bonds is 7. The fraction of sp³-hybridized carbons (Fsp3) is 0.294. The second-order valence-corrected chi connectivity index (χ2v) is 4.81. The fourth-order valence-electron chi connectivity index (χ4n) is 2.00. The van der Waals surface area contributed by atoms with E-state index in [2.05, 4.69) is 12.2 Å². The van der Waals surface area contributed by atoms with Gasteiger partial charge in [-0.15, -0.1) is 0 Å². The van der Waals surface area contributed by atoms with E-state index in [-0.39, 0.29) is 0 Å². The zero-order valence-electron chi connectivity index (χ0n) is 12.0. The summed E-state index contributed by atoms with van der Waals surface area (Å²) in [6.07, 6.45) is 1.08. The molecule has 0 atom stereocenters. The molecule has 2 aromatic carbocycles. The van der Waals surface area contributed by atoms with Gasteiger partial charge in [-0.2, -0.15) is 0 Å². The molecule has 4 heteroatoms. The minimum atomic E-state index is -0.898. The topological polar surface area (TPSA) is 21.3 Å². The normalized spacial score (nSPS) is 10.6. The Kier molecular flexibility index (Phi) is 5.69. The molecule has 2 aromatic rings. The largest absolute Gasteiger partial charge is 0.489 e. The molecule has 0 aromatic heterocycles. The summed E-state index contributed by atoms with van der Waals surface area (Å²) in [5, 5.41) is 3.34. The Balaban J connectivity index is 2.00. The monoisotopic (exact) mass is 291 g/mol. The van der Waals surface area contributed by atoms with Gasteiger partial charge in [0.15, 0.2) is 11.6 Å². The van der Waals surface area contributed by atoms with Gasteiger partial charge in [0.05, 0.1) is 0 Å². The highest BCUT2D eigenvalue weighted by atomic mass is 19.2. The minimum absolute atomic E-state index is 0.324. The van der Waals surface area contributed by atoms with E-state index in [1.807, 2.05) is 24.3 Å². The van der Waals surface area contributed by atoms with E-state index in [4.69, 9.17) is 4.74 Å². The van der Waals surface area contributed by atoms with Crippen LogP contribution in [0, 0.1) is 11.6 Å². The summed E-state index contributed by atoms with van der Waals surface area (Å²) in [6.45, 7) is 4.17. The maximum atomic E-state index is 13.1. The van der Waals surface area contributed by atoms with E-state index >= 15 is 0 Å². The van der Waals surface area contributed by atoms with Crippen molar-refractivity contribution in [2.45, 2.75) is 26.5 Å². The van der Waals surface area contributed by atoms with Gasteiger partial charge in [-0.25, -0.2) is 8.78 Å². The van der Waals surface area contributed by atoms with Crippen LogP contribution < -0.4 is 10.1 Å². The lowest BCUT2D eigenvalue weighted by Crippen LogP contribution is -2.15. The second-order valence-electron chi connectivity index (χ2n) is 4.81. The number of ether oxygens (including phenoxy) is 1. The fourth-order valence-corrected chi connectivity index (χ4v) is 2.00. The standard InChI is InChI=1S/C17H19F2NO/c1-2-9-20-11-13-5-3-4-6-14(13)12-21-15-7-8-16(18)17(19)10-15/h3-8,10,20H,2,9,11-12H2,1H3. The number of benzene rings is 2. The van der Waals surface area contributed by atoms with Gasteiger partial charge in [-0.1, -0.05) is 31.2 Å². The van der Waals surface area contributed by atoms with Crippen LogP contribution in [-0.2, 0) is 13.2 Å². The predicted molar refractivity (Wildman–Crippen MR) is 79.1 cm³/mol. The number of hydrogen-bond donors (Lipinski definition) is 1. The zero-order valence-corrected chi connectivity index (χ0v) is 12.0. The van der Waals surface area contributed by atoms with Crippen LogP contribution in [0.15, 0.2) is 42.5 Å². The third-order valence-electron chi connectivity index (χ3n) is 3.15. The number of nitrogens with one attached hydrogen (secondary N) is 1. The lowest BCUT2D eigenvalue weighted by Gasteiger charge is -2.12. The summed E-state index contributed by atoms with van der Waals surface area (Å²) in [5.41, 5.74) is 2.18. The van der Waals surface area contributed by atoms with Crippen LogP contribution in [0.2, 0.25) is 0 Å². The molecule has 0 heterocycles. The zero-order chi connectivity index (χ0) is 15.1. The molecule has 0 unspecified atom stereocenters. The van der Waals surface area contributed by atoms with Gasteiger partial charge < -0.3 is 10.1 Å². The van der Waals surface area contributed by atoms with Crippen LogP contribution in [0.5, 0.6) is 5.75 Å². The quantitative estimate of drug-likeness (QED) is 0.777. The van der Waals surface area contributed by atoms with Crippen LogP contribution in [0.25, 0.3) is 0 Å². The smallest absolute Gasteiger partial charge is 0.162 e. The van der Waals surface area contributed by atoms with E-state index in [1.165, 1.54) is 6.07 Å². The molecule has 2 nitrogen and oxygen atoms in total. The molecule has 0 aliphatic heterocycles. The lowest BCUT2D eigenvalue weighted by atomic mass is 10.1. The van der Waals surface area contributed by atoms with Gasteiger partial charge >= 0.3 is 0 Å². The molecule has 0 fully saturated rings. The summed E-state index contributed by atoms with van der Waals surface area (Å²) in [4.78, 5) is 0. The number of hydrogen-bond acceptors (Lipinski definition) is 2. The molecule has 0 aliphatic carbocycles. The summed E-state index contributed by atoms with van der Waals surface area (Å²) in [7, 11) is 0. The van der Waals surface area contributed by atoms with E-state index in [0.717, 1.165) is 42.8 Å². The van der Waals surface area contributed by atoms with Crippen molar-refractivity contribution in [2.75, 3.05) is 6.54 Å². The van der Waals surface area contributed by atoms with Crippen LogP contribution in [0.1, 0.15) is 24.5 Å². The lowest BCUT2D eigenvalue weighted by molar-refractivity contribution is 0.302. The third kappa shape index (κ3) is 4.53. The second kappa shape index (κ2) is 7.74. The van der Waals surface area contributed by atoms with E-state index < -0.39 is 11.6 Å². The maximum Gasteiger partial charge on any atom is 0.162 e. The van der Waals surface area contributed by atoms with E-state index in [9.17, 15) is 8.78 Å². The molecule has 0 saturated carbocycles. The Morgan fingerprint density at radius 1 is 1.00 bits per heavy atom. The first-order valence-corrected chi connectivity index (χ1v) is 7.06. The van der Waals surface area contributed by atoms with Crippen LogP contribution in [0.4, 0.5) is 8.78 Å². The maximum absolute atomic E-state index is 13.1. The van der Waals surface area contributed by atoms with Crippen molar-refractivity contribution < 1.29 is 13.5 Å². The molecule has 0 bridgehead atoms. The first-order valence-electron chi connectivity index (χ1n) is 7.06. The van der Waals surface area contributed by atoms with Crippen molar-refractivity contribution in [3.8, 4) is 5.75 Å². The van der Waals surface area contributed by atoms with Gasteiger partial charge in [-0.05, 0) is 36.2 Å². The molecule has 0 spiro atoms. The number of halogens is 2. The van der Waals surface area contributed by atoms with Crippen molar-refractivity contribution in [3.05, 3.63) is 65.2 Å². The van der Waals surface area contributed by atoms with Crippen molar-refractivity contribution in [3.63, 3.8) is 0 Å². The Morgan fingerprint density at radius 2 is 1.76 bits per heavy atom. The van der Waals surface area contributed by atoms with Crippen molar-refractivity contribution in [1.29, 1.82) is 0 Å². The van der Waals surface area contributed by atoms with Crippen LogP contribution in [-0.4, -0.2) is 6.54 Å². The summed E-state index contributed by atoms with van der Waals surface area (Å²) in [5.74, 6) is -1.44. The molecule has 0 amide bonds. The minimum Gasteiger partial charge on any atom is -0.489 e. The molecule has 112 valence electrons. The van der Waals surface area contributed by atoms with Crippen molar-refractivity contribution in [1.82, 2.24) is 5.32 Å². The van der Waals surface area contributed by atoms with Gasteiger partial charge in [0.2, 0.25) is 0 Å². The molecule has 1 N–H and O–H groups in total. The van der Waals surface area contributed by atoms with Crippen LogP contribution in [0.3, 0.4) is 0 Å². The van der Waals surface area contributed by atoms with Crippen LogP contribution >= 0.6 is 0 Å². The Bertz CT molecular complexity index is 587. The average molecular weight is 291 g/mol. The highest BCUT2D eigenvalue weighted by Crippen LogP contribution is 2.18. The molecular formula is C17H19F2NO. The molecule has 2 rings (SSSR count). The van der Waals surface area contributed by atoms with E-state index in [0.29, 0.717) is 12.4 Å². The third-order valence-corrected chi connectivity index (χ3v) is 3.15. The average Bonchev–Trinajstić information content (AvgIpc) is 2.50. The van der Waals surface area contributed by atoms with Crippen molar-refractivity contribution in [2.24, 2.45) is 0 Å². The molecule has 0 radical (unpaired) electrons. The summed E-state index contributed by atoms with van der Waals surface area (Å²) in [6, 6.07) is 11.5.